The summed E-state index contributed by atoms with van der Waals surface area (Å²) >= 11 is 0. The summed E-state index contributed by atoms with van der Waals surface area (Å²) in [5, 5.41) is 6.99. The Morgan fingerprint density at radius 1 is 0.800 bits per heavy atom. The lowest BCUT2D eigenvalue weighted by atomic mass is 10.1. The quantitative estimate of drug-likeness (QED) is 0.231. The SMILES string of the molecule is FC(F)(F)Oc1ccc(-n2cnc(-c3ccc(CCCCn4cc5ccccc5c4)cc3)n2)cc1. The van der Waals surface area contributed by atoms with Gasteiger partial charge in [-0.25, -0.2) is 9.67 Å². The maximum atomic E-state index is 12.3. The van der Waals surface area contributed by atoms with Crippen LogP contribution in [0.25, 0.3) is 27.8 Å². The first kappa shape index (κ1) is 22.7. The van der Waals surface area contributed by atoms with Crippen LogP contribution in [-0.2, 0) is 13.0 Å². The number of nitrogens with zero attached hydrogens (tertiary/aromatic N) is 4. The fraction of sp³-hybridized carbons (Fsp3) is 0.185. The molecule has 3 aromatic carbocycles. The standard InChI is InChI=1S/C27H23F3N4O/c28-27(29,30)35-25-14-12-24(13-15-25)34-19-31-26(32-34)21-10-8-20(9-11-21)5-3-4-16-33-17-22-6-1-2-7-23(22)18-33/h1-2,6-15,17-19H,3-5,16H2. The van der Waals surface area contributed by atoms with E-state index in [2.05, 4.69) is 68.2 Å². The molecule has 2 heterocycles. The van der Waals surface area contributed by atoms with Crippen LogP contribution in [0, 0.1) is 0 Å². The lowest BCUT2D eigenvalue weighted by Gasteiger charge is -2.09. The van der Waals surface area contributed by atoms with E-state index in [1.165, 1.54) is 51.6 Å². The van der Waals surface area contributed by atoms with Gasteiger partial charge in [0.2, 0.25) is 0 Å². The second-order valence-corrected chi connectivity index (χ2v) is 8.33. The van der Waals surface area contributed by atoms with Crippen molar-refractivity contribution in [3.05, 3.63) is 97.1 Å². The second-order valence-electron chi connectivity index (χ2n) is 8.33. The van der Waals surface area contributed by atoms with Gasteiger partial charge in [-0.2, -0.15) is 0 Å². The van der Waals surface area contributed by atoms with Gasteiger partial charge >= 0.3 is 6.36 Å². The zero-order chi connectivity index (χ0) is 24.3. The molecule has 0 spiro atoms. The molecule has 0 amide bonds. The van der Waals surface area contributed by atoms with Crippen LogP contribution in [0.1, 0.15) is 18.4 Å². The van der Waals surface area contributed by atoms with Crippen LogP contribution in [0.2, 0.25) is 0 Å². The van der Waals surface area contributed by atoms with Crippen LogP contribution in [0.15, 0.2) is 91.5 Å². The summed E-state index contributed by atoms with van der Waals surface area (Å²) in [6.45, 7) is 0.997. The third-order valence-corrected chi connectivity index (χ3v) is 5.78. The molecule has 0 aliphatic carbocycles. The molecule has 0 saturated carbocycles. The van der Waals surface area contributed by atoms with Gasteiger partial charge in [-0.3, -0.25) is 0 Å². The minimum absolute atomic E-state index is 0.279. The first-order chi connectivity index (χ1) is 16.9. The van der Waals surface area contributed by atoms with E-state index in [-0.39, 0.29) is 5.75 Å². The Morgan fingerprint density at radius 3 is 2.14 bits per heavy atom. The Morgan fingerprint density at radius 2 is 1.49 bits per heavy atom. The molecule has 0 fully saturated rings. The highest BCUT2D eigenvalue weighted by Gasteiger charge is 2.31. The van der Waals surface area contributed by atoms with Crippen molar-refractivity contribution >= 4 is 10.8 Å². The van der Waals surface area contributed by atoms with E-state index in [4.69, 9.17) is 0 Å². The van der Waals surface area contributed by atoms with Crippen LogP contribution in [0.5, 0.6) is 5.75 Å². The minimum atomic E-state index is -4.72. The van der Waals surface area contributed by atoms with Gasteiger partial charge in [-0.15, -0.1) is 18.3 Å². The number of ether oxygens (including phenoxy) is 1. The number of alkyl halides is 3. The molecule has 0 atom stereocenters. The number of fused-ring (bicyclic) bond motifs is 1. The number of rotatable bonds is 8. The smallest absolute Gasteiger partial charge is 0.406 e. The third-order valence-electron chi connectivity index (χ3n) is 5.78. The first-order valence-electron chi connectivity index (χ1n) is 11.3. The minimum Gasteiger partial charge on any atom is -0.406 e. The molecule has 35 heavy (non-hydrogen) atoms. The van der Waals surface area contributed by atoms with Crippen LogP contribution in [0.3, 0.4) is 0 Å². The number of benzene rings is 3. The van der Waals surface area contributed by atoms with E-state index in [1.54, 1.807) is 0 Å². The van der Waals surface area contributed by atoms with Crippen molar-refractivity contribution in [2.24, 2.45) is 0 Å². The summed E-state index contributed by atoms with van der Waals surface area (Å²) in [4.78, 5) is 4.34. The lowest BCUT2D eigenvalue weighted by Crippen LogP contribution is -2.17. The number of hydrogen-bond donors (Lipinski definition) is 0. The van der Waals surface area contributed by atoms with Crippen molar-refractivity contribution in [2.45, 2.75) is 32.2 Å². The molecule has 0 saturated heterocycles. The van der Waals surface area contributed by atoms with Gasteiger partial charge in [0, 0.05) is 24.5 Å². The molecule has 2 aromatic heterocycles. The monoisotopic (exact) mass is 476 g/mol. The average molecular weight is 477 g/mol. The van der Waals surface area contributed by atoms with Crippen molar-refractivity contribution in [3.63, 3.8) is 0 Å². The van der Waals surface area contributed by atoms with Gasteiger partial charge in [0.1, 0.15) is 12.1 Å². The average Bonchev–Trinajstić information content (AvgIpc) is 3.49. The predicted molar refractivity (Wildman–Crippen MR) is 128 cm³/mol. The Balaban J connectivity index is 1.15. The topological polar surface area (TPSA) is 44.9 Å². The molecule has 5 rings (SSSR count). The number of unbranched alkanes of at least 4 members (excludes halogenated alkanes) is 1. The van der Waals surface area contributed by atoms with Crippen LogP contribution in [-0.4, -0.2) is 25.7 Å². The van der Waals surface area contributed by atoms with Crippen molar-refractivity contribution in [3.8, 4) is 22.8 Å². The molecule has 5 aromatic rings. The molecule has 8 heteroatoms. The van der Waals surface area contributed by atoms with Crippen molar-refractivity contribution in [1.29, 1.82) is 0 Å². The number of halogens is 3. The Kier molecular flexibility index (Phi) is 6.27. The third kappa shape index (κ3) is 5.71. The van der Waals surface area contributed by atoms with Gasteiger partial charge in [-0.1, -0.05) is 48.5 Å². The lowest BCUT2D eigenvalue weighted by molar-refractivity contribution is -0.274. The van der Waals surface area contributed by atoms with Crippen LogP contribution >= 0.6 is 0 Å². The van der Waals surface area contributed by atoms with Gasteiger partial charge in [0.15, 0.2) is 5.82 Å². The first-order valence-corrected chi connectivity index (χ1v) is 11.3. The molecule has 0 N–H and O–H groups in total. The normalized spacial score (nSPS) is 11.7. The van der Waals surface area contributed by atoms with E-state index >= 15 is 0 Å². The van der Waals surface area contributed by atoms with Gasteiger partial charge < -0.3 is 9.30 Å². The molecule has 5 nitrogen and oxygen atoms in total. The summed E-state index contributed by atoms with van der Waals surface area (Å²) in [5.74, 6) is 0.269. The maximum absolute atomic E-state index is 12.3. The molecular formula is C27H23F3N4O. The number of aromatic nitrogens is 4. The maximum Gasteiger partial charge on any atom is 0.573 e. The van der Waals surface area contributed by atoms with E-state index in [0.29, 0.717) is 11.5 Å². The van der Waals surface area contributed by atoms with Crippen molar-refractivity contribution in [1.82, 2.24) is 19.3 Å². The molecule has 0 unspecified atom stereocenters. The zero-order valence-corrected chi connectivity index (χ0v) is 18.8. The number of hydrogen-bond acceptors (Lipinski definition) is 3. The summed E-state index contributed by atoms with van der Waals surface area (Å²) in [7, 11) is 0. The highest BCUT2D eigenvalue weighted by molar-refractivity contribution is 5.82. The summed E-state index contributed by atoms with van der Waals surface area (Å²) in [6, 6.07) is 22.0. The van der Waals surface area contributed by atoms with Gasteiger partial charge in [0.05, 0.1) is 5.69 Å². The highest BCUT2D eigenvalue weighted by Crippen LogP contribution is 2.24. The summed E-state index contributed by atoms with van der Waals surface area (Å²) < 4.78 is 44.7. The Labute approximate surface area is 200 Å². The zero-order valence-electron chi connectivity index (χ0n) is 18.8. The van der Waals surface area contributed by atoms with E-state index < -0.39 is 6.36 Å². The van der Waals surface area contributed by atoms with Crippen molar-refractivity contribution in [2.75, 3.05) is 0 Å². The van der Waals surface area contributed by atoms with E-state index in [1.807, 2.05) is 12.1 Å². The Hall–Kier alpha value is -4.07. The highest BCUT2D eigenvalue weighted by atomic mass is 19.4. The van der Waals surface area contributed by atoms with Gasteiger partial charge in [-0.05, 0) is 59.9 Å². The Bertz CT molecular complexity index is 1370. The molecule has 178 valence electrons. The molecule has 0 aliphatic heterocycles. The fourth-order valence-electron chi connectivity index (χ4n) is 4.03. The second kappa shape index (κ2) is 9.66. The molecule has 0 bridgehead atoms. The fourth-order valence-corrected chi connectivity index (χ4v) is 4.03. The van der Waals surface area contributed by atoms with Crippen molar-refractivity contribution < 1.29 is 17.9 Å². The summed E-state index contributed by atoms with van der Waals surface area (Å²) in [5.41, 5.74) is 2.72. The summed E-state index contributed by atoms with van der Waals surface area (Å²) in [6.07, 6.45) is 4.40. The van der Waals surface area contributed by atoms with E-state index in [9.17, 15) is 13.2 Å². The van der Waals surface area contributed by atoms with Crippen LogP contribution in [0.4, 0.5) is 13.2 Å². The molecular weight excluding hydrogens is 453 g/mol. The van der Waals surface area contributed by atoms with Crippen LogP contribution < -0.4 is 4.74 Å². The van der Waals surface area contributed by atoms with E-state index in [0.717, 1.165) is 31.4 Å². The van der Waals surface area contributed by atoms with Gasteiger partial charge in [0.25, 0.3) is 0 Å². The predicted octanol–water partition coefficient (Wildman–Crippen LogP) is 6.81. The number of aryl methyl sites for hydroxylation is 2. The molecule has 0 radical (unpaired) electrons. The molecule has 0 aliphatic rings. The largest absolute Gasteiger partial charge is 0.573 e.